The molecule has 0 saturated heterocycles. The van der Waals surface area contributed by atoms with Gasteiger partial charge < -0.3 is 4.90 Å². The molecule has 1 atom stereocenters. The molecule has 1 N–H and O–H groups in total. The van der Waals surface area contributed by atoms with Crippen LogP contribution in [0.3, 0.4) is 0 Å². The average Bonchev–Trinajstić information content (AvgIpc) is 2.47. The number of hydrogen-bond donors (Lipinski definition) is 1. The fourth-order valence-electron chi connectivity index (χ4n) is 1.03. The lowest BCUT2D eigenvalue weighted by atomic mass is 10.1. The number of H-pyrrole nitrogens is 1. The van der Waals surface area contributed by atoms with E-state index in [1.807, 2.05) is 14.1 Å². The molecule has 1 heterocycles. The van der Waals surface area contributed by atoms with E-state index in [9.17, 15) is 4.79 Å². The Labute approximate surface area is 81.6 Å². The summed E-state index contributed by atoms with van der Waals surface area (Å²) < 4.78 is 0. The minimum Gasteiger partial charge on any atom is -0.309 e. The van der Waals surface area contributed by atoms with Gasteiger partial charge in [0.2, 0.25) is 0 Å². The third-order valence-electron chi connectivity index (χ3n) is 1.89. The van der Waals surface area contributed by atoms with E-state index in [4.69, 9.17) is 0 Å². The van der Waals surface area contributed by atoms with E-state index >= 15 is 0 Å². The van der Waals surface area contributed by atoms with Crippen molar-refractivity contribution in [2.75, 3.05) is 20.6 Å². The van der Waals surface area contributed by atoms with Crippen LogP contribution in [0.2, 0.25) is 0 Å². The van der Waals surface area contributed by atoms with Crippen molar-refractivity contribution >= 4 is 11.3 Å². The maximum atomic E-state index is 10.8. The molecule has 13 heavy (non-hydrogen) atoms. The van der Waals surface area contributed by atoms with E-state index in [0.717, 1.165) is 18.0 Å². The van der Waals surface area contributed by atoms with Gasteiger partial charge in [-0.3, -0.25) is 4.79 Å². The Kier molecular flexibility index (Phi) is 3.62. The molecule has 0 saturated carbocycles. The lowest BCUT2D eigenvalue weighted by molar-refractivity contribution is 0.385. The fourth-order valence-corrected chi connectivity index (χ4v) is 1.72. The smallest absolute Gasteiger partial charge is 0.309 e. The predicted molar refractivity (Wildman–Crippen MR) is 54.3 cm³/mol. The lowest BCUT2D eigenvalue weighted by Crippen LogP contribution is -2.14. The maximum Gasteiger partial charge on any atom is 0.322 e. The van der Waals surface area contributed by atoms with E-state index < -0.39 is 0 Å². The summed E-state index contributed by atoms with van der Waals surface area (Å²) in [7, 11) is 4.08. The zero-order valence-electron chi connectivity index (χ0n) is 8.20. The first-order chi connectivity index (χ1) is 6.09. The van der Waals surface area contributed by atoms with Crippen LogP contribution in [0.1, 0.15) is 24.3 Å². The van der Waals surface area contributed by atoms with Crippen molar-refractivity contribution in [2.45, 2.75) is 19.3 Å². The topological polar surface area (TPSA) is 49.0 Å². The van der Waals surface area contributed by atoms with Crippen LogP contribution in [-0.4, -0.2) is 35.7 Å². The molecule has 0 aliphatic carbocycles. The lowest BCUT2D eigenvalue weighted by Gasteiger charge is -2.12. The second kappa shape index (κ2) is 4.53. The first-order valence-electron chi connectivity index (χ1n) is 4.29. The molecule has 0 bridgehead atoms. The van der Waals surface area contributed by atoms with Crippen LogP contribution in [-0.2, 0) is 0 Å². The second-order valence-corrected chi connectivity index (χ2v) is 4.44. The summed E-state index contributed by atoms with van der Waals surface area (Å²) in [6, 6.07) is 0. The molecule has 1 aromatic heterocycles. The van der Waals surface area contributed by atoms with Gasteiger partial charge in [-0.1, -0.05) is 18.3 Å². The largest absolute Gasteiger partial charge is 0.322 e. The van der Waals surface area contributed by atoms with Crippen molar-refractivity contribution < 1.29 is 0 Å². The highest BCUT2D eigenvalue weighted by Gasteiger charge is 2.09. The van der Waals surface area contributed by atoms with Gasteiger partial charge in [0, 0.05) is 5.92 Å². The van der Waals surface area contributed by atoms with Crippen molar-refractivity contribution in [1.82, 2.24) is 15.1 Å². The van der Waals surface area contributed by atoms with Gasteiger partial charge in [0.1, 0.15) is 5.01 Å². The van der Waals surface area contributed by atoms with Gasteiger partial charge in [0.15, 0.2) is 0 Å². The molecular formula is C8H15N3OS. The molecule has 0 fully saturated rings. The van der Waals surface area contributed by atoms with Crippen LogP contribution in [0.15, 0.2) is 4.79 Å². The van der Waals surface area contributed by atoms with E-state index in [1.165, 1.54) is 11.3 Å². The van der Waals surface area contributed by atoms with Gasteiger partial charge in [-0.25, -0.2) is 5.10 Å². The van der Waals surface area contributed by atoms with Crippen LogP contribution in [0.5, 0.6) is 0 Å². The molecule has 4 nitrogen and oxygen atoms in total. The number of aromatic amines is 1. The van der Waals surface area contributed by atoms with Crippen molar-refractivity contribution in [3.05, 3.63) is 14.7 Å². The number of aromatic nitrogens is 2. The highest BCUT2D eigenvalue weighted by atomic mass is 32.1. The molecule has 0 aliphatic rings. The summed E-state index contributed by atoms with van der Waals surface area (Å²) in [6.45, 7) is 3.12. The van der Waals surface area contributed by atoms with Crippen molar-refractivity contribution in [1.29, 1.82) is 0 Å². The Hall–Kier alpha value is -0.680. The third-order valence-corrected chi connectivity index (χ3v) is 2.87. The van der Waals surface area contributed by atoms with Crippen LogP contribution >= 0.6 is 11.3 Å². The van der Waals surface area contributed by atoms with Crippen molar-refractivity contribution in [3.8, 4) is 0 Å². The van der Waals surface area contributed by atoms with Gasteiger partial charge in [-0.2, -0.15) is 5.10 Å². The Balaban J connectivity index is 2.48. The summed E-state index contributed by atoms with van der Waals surface area (Å²) in [6.07, 6.45) is 1.04. The Morgan fingerprint density at radius 3 is 2.77 bits per heavy atom. The molecule has 0 unspecified atom stereocenters. The van der Waals surface area contributed by atoms with Gasteiger partial charge in [0.05, 0.1) is 0 Å². The molecule has 1 aromatic rings. The van der Waals surface area contributed by atoms with Gasteiger partial charge in [0.25, 0.3) is 0 Å². The molecule has 0 aromatic carbocycles. The molecule has 0 spiro atoms. The van der Waals surface area contributed by atoms with Gasteiger partial charge in [-0.15, -0.1) is 0 Å². The van der Waals surface area contributed by atoms with Crippen LogP contribution < -0.4 is 4.87 Å². The first-order valence-corrected chi connectivity index (χ1v) is 5.11. The molecular weight excluding hydrogens is 186 g/mol. The third kappa shape index (κ3) is 3.28. The second-order valence-electron chi connectivity index (χ2n) is 3.44. The number of nitrogens with zero attached hydrogens (tertiary/aromatic N) is 2. The maximum absolute atomic E-state index is 10.8. The molecule has 0 amide bonds. The minimum atomic E-state index is -0.0632. The molecule has 74 valence electrons. The highest BCUT2D eigenvalue weighted by molar-refractivity contribution is 7.08. The SMILES string of the molecule is C[C@@H](CCN(C)C)c1n[nH]c(=O)s1. The summed E-state index contributed by atoms with van der Waals surface area (Å²) in [5, 5.41) is 7.30. The monoisotopic (exact) mass is 201 g/mol. The van der Waals surface area contributed by atoms with Crippen LogP contribution in [0.4, 0.5) is 0 Å². The van der Waals surface area contributed by atoms with Crippen LogP contribution in [0, 0.1) is 0 Å². The molecule has 5 heteroatoms. The van der Waals surface area contributed by atoms with E-state index in [-0.39, 0.29) is 4.87 Å². The van der Waals surface area contributed by atoms with Gasteiger partial charge >= 0.3 is 4.87 Å². The number of rotatable bonds is 4. The Morgan fingerprint density at radius 1 is 1.62 bits per heavy atom. The zero-order valence-corrected chi connectivity index (χ0v) is 9.02. The quantitative estimate of drug-likeness (QED) is 0.787. The van der Waals surface area contributed by atoms with Crippen LogP contribution in [0.25, 0.3) is 0 Å². The molecule has 1 rings (SSSR count). The molecule has 0 radical (unpaired) electrons. The van der Waals surface area contributed by atoms with Crippen molar-refractivity contribution in [2.24, 2.45) is 0 Å². The van der Waals surface area contributed by atoms with E-state index in [0.29, 0.717) is 5.92 Å². The first kappa shape index (κ1) is 10.4. The van der Waals surface area contributed by atoms with E-state index in [1.54, 1.807) is 0 Å². The normalized spacial score (nSPS) is 13.5. The Bertz CT molecular complexity index is 304. The summed E-state index contributed by atoms with van der Waals surface area (Å²) >= 11 is 1.21. The Morgan fingerprint density at radius 2 is 2.31 bits per heavy atom. The van der Waals surface area contributed by atoms with Gasteiger partial charge in [-0.05, 0) is 27.1 Å². The highest BCUT2D eigenvalue weighted by Crippen LogP contribution is 2.17. The number of hydrogen-bond acceptors (Lipinski definition) is 4. The summed E-state index contributed by atoms with van der Waals surface area (Å²) in [5.41, 5.74) is 0. The zero-order chi connectivity index (χ0) is 9.84. The standard InChI is InChI=1S/C8H15N3OS/c1-6(4-5-11(2)3)7-9-10-8(12)13-7/h6H,4-5H2,1-3H3,(H,10,12)/t6-/m0/s1. The van der Waals surface area contributed by atoms with Crippen molar-refractivity contribution in [3.63, 3.8) is 0 Å². The fraction of sp³-hybridized carbons (Fsp3) is 0.750. The average molecular weight is 201 g/mol. The minimum absolute atomic E-state index is 0.0632. The number of nitrogens with one attached hydrogen (secondary N) is 1. The predicted octanol–water partition coefficient (Wildman–Crippen LogP) is 0.887. The van der Waals surface area contributed by atoms with E-state index in [2.05, 4.69) is 22.0 Å². The summed E-state index contributed by atoms with van der Waals surface area (Å²) in [5.74, 6) is 0.367. The summed E-state index contributed by atoms with van der Waals surface area (Å²) in [4.78, 5) is 12.9. The molecule has 0 aliphatic heterocycles.